The van der Waals surface area contributed by atoms with Crippen LogP contribution in [0.25, 0.3) is 10.1 Å². The van der Waals surface area contributed by atoms with Gasteiger partial charge in [0.05, 0.1) is 0 Å². The van der Waals surface area contributed by atoms with Gasteiger partial charge in [-0.3, -0.25) is 0 Å². The summed E-state index contributed by atoms with van der Waals surface area (Å²) >= 11 is 1.78. The van der Waals surface area contributed by atoms with Gasteiger partial charge in [-0.1, -0.05) is 36.4 Å². The Hall–Kier alpha value is -1.80. The number of rotatable bonds is 3. The maximum Gasteiger partial charge on any atom is 0.125 e. The van der Waals surface area contributed by atoms with Crippen molar-refractivity contribution in [3.63, 3.8) is 0 Å². The molecule has 96 valence electrons. The van der Waals surface area contributed by atoms with Crippen molar-refractivity contribution in [3.8, 4) is 5.75 Å². The molecule has 1 nitrogen and oxygen atoms in total. The molecule has 0 unspecified atom stereocenters. The van der Waals surface area contributed by atoms with Crippen LogP contribution in [-0.2, 0) is 6.61 Å². The lowest BCUT2D eigenvalue weighted by molar-refractivity contribution is 0.304. The van der Waals surface area contributed by atoms with Crippen molar-refractivity contribution in [2.45, 2.75) is 20.5 Å². The highest BCUT2D eigenvalue weighted by atomic mass is 32.1. The van der Waals surface area contributed by atoms with Crippen LogP contribution in [0.5, 0.6) is 5.75 Å². The van der Waals surface area contributed by atoms with E-state index in [1.165, 1.54) is 26.8 Å². The van der Waals surface area contributed by atoms with Crippen LogP contribution in [0.2, 0.25) is 0 Å². The molecule has 19 heavy (non-hydrogen) atoms. The predicted molar refractivity (Wildman–Crippen MR) is 82.1 cm³/mol. The monoisotopic (exact) mass is 268 g/mol. The first-order valence-electron chi connectivity index (χ1n) is 6.40. The summed E-state index contributed by atoms with van der Waals surface area (Å²) in [6.45, 7) is 4.82. The van der Waals surface area contributed by atoms with Crippen LogP contribution in [0.3, 0.4) is 0 Å². The van der Waals surface area contributed by atoms with Crippen LogP contribution in [0.15, 0.2) is 47.8 Å². The maximum atomic E-state index is 6.03. The molecule has 0 saturated heterocycles. The average molecular weight is 268 g/mol. The molecule has 0 saturated carbocycles. The van der Waals surface area contributed by atoms with Crippen molar-refractivity contribution in [2.24, 2.45) is 0 Å². The molecule has 0 spiro atoms. The van der Waals surface area contributed by atoms with Crippen LogP contribution in [0.1, 0.15) is 16.7 Å². The first-order chi connectivity index (χ1) is 9.25. The largest absolute Gasteiger partial charge is 0.488 e. The summed E-state index contributed by atoms with van der Waals surface area (Å²) in [5.74, 6) is 1.01. The molecule has 0 N–H and O–H groups in total. The summed E-state index contributed by atoms with van der Waals surface area (Å²) in [6.07, 6.45) is 0. The molecule has 3 aromatic rings. The fourth-order valence-electron chi connectivity index (χ4n) is 2.32. The lowest BCUT2D eigenvalue weighted by Crippen LogP contribution is -1.98. The SMILES string of the molecule is Cc1cccc(C)c1OCc1csc2ccccc12. The second kappa shape index (κ2) is 5.06. The Morgan fingerprint density at radius 1 is 0.947 bits per heavy atom. The molecular formula is C17H16OS. The van der Waals surface area contributed by atoms with E-state index in [1.54, 1.807) is 11.3 Å². The summed E-state index contributed by atoms with van der Waals surface area (Å²) in [5, 5.41) is 3.50. The van der Waals surface area contributed by atoms with Crippen LogP contribution >= 0.6 is 11.3 Å². The van der Waals surface area contributed by atoms with Gasteiger partial charge in [0.25, 0.3) is 0 Å². The number of ether oxygens (including phenoxy) is 1. The van der Waals surface area contributed by atoms with Gasteiger partial charge in [-0.25, -0.2) is 0 Å². The minimum atomic E-state index is 0.635. The van der Waals surface area contributed by atoms with Crippen LogP contribution in [0, 0.1) is 13.8 Å². The molecule has 1 heterocycles. The zero-order valence-corrected chi connectivity index (χ0v) is 12.0. The third-order valence-corrected chi connectivity index (χ3v) is 4.35. The number of para-hydroxylation sites is 1. The zero-order chi connectivity index (χ0) is 13.2. The molecule has 0 bridgehead atoms. The van der Waals surface area contributed by atoms with Crippen molar-refractivity contribution in [3.05, 3.63) is 64.5 Å². The van der Waals surface area contributed by atoms with Crippen molar-refractivity contribution < 1.29 is 4.74 Å². The Labute approximate surface area is 117 Å². The van der Waals surface area contributed by atoms with Gasteiger partial charge in [0, 0.05) is 10.3 Å². The number of fused-ring (bicyclic) bond motifs is 1. The molecule has 3 rings (SSSR count). The lowest BCUT2D eigenvalue weighted by Gasteiger charge is -2.11. The van der Waals surface area contributed by atoms with Crippen LogP contribution in [0.4, 0.5) is 0 Å². The topological polar surface area (TPSA) is 9.23 Å². The second-order valence-electron chi connectivity index (χ2n) is 4.77. The van der Waals surface area contributed by atoms with E-state index in [9.17, 15) is 0 Å². The van der Waals surface area contributed by atoms with E-state index in [2.05, 4.69) is 61.7 Å². The molecule has 0 radical (unpaired) electrons. The van der Waals surface area contributed by atoms with E-state index in [0.29, 0.717) is 6.61 Å². The van der Waals surface area contributed by atoms with Gasteiger partial charge in [0.1, 0.15) is 12.4 Å². The number of aryl methyl sites for hydroxylation is 2. The summed E-state index contributed by atoms with van der Waals surface area (Å²) in [7, 11) is 0. The van der Waals surface area contributed by atoms with Gasteiger partial charge in [0.15, 0.2) is 0 Å². The predicted octanol–water partition coefficient (Wildman–Crippen LogP) is 5.10. The Bertz CT molecular complexity index is 692. The van der Waals surface area contributed by atoms with Gasteiger partial charge in [-0.15, -0.1) is 11.3 Å². The van der Waals surface area contributed by atoms with E-state index >= 15 is 0 Å². The molecular weight excluding hydrogens is 252 g/mol. The molecule has 0 amide bonds. The van der Waals surface area contributed by atoms with Crippen molar-refractivity contribution in [2.75, 3.05) is 0 Å². The first kappa shape index (κ1) is 12.2. The molecule has 1 aromatic heterocycles. The molecule has 2 aromatic carbocycles. The molecule has 0 aliphatic rings. The Balaban J connectivity index is 1.87. The molecule has 2 heteroatoms. The minimum Gasteiger partial charge on any atom is -0.488 e. The average Bonchev–Trinajstić information content (AvgIpc) is 2.82. The van der Waals surface area contributed by atoms with E-state index in [-0.39, 0.29) is 0 Å². The summed E-state index contributed by atoms with van der Waals surface area (Å²) in [6, 6.07) is 14.7. The van der Waals surface area contributed by atoms with Gasteiger partial charge < -0.3 is 4.74 Å². The minimum absolute atomic E-state index is 0.635. The number of hydrogen-bond donors (Lipinski definition) is 0. The van der Waals surface area contributed by atoms with Crippen molar-refractivity contribution in [1.82, 2.24) is 0 Å². The van der Waals surface area contributed by atoms with Gasteiger partial charge >= 0.3 is 0 Å². The quantitative estimate of drug-likeness (QED) is 0.642. The van der Waals surface area contributed by atoms with Crippen LogP contribution < -0.4 is 4.74 Å². The standard InChI is InChI=1S/C17H16OS/c1-12-6-5-7-13(2)17(12)18-10-14-11-19-16-9-4-3-8-15(14)16/h3-9,11H,10H2,1-2H3. The first-order valence-corrected chi connectivity index (χ1v) is 7.28. The van der Waals surface area contributed by atoms with Crippen LogP contribution in [-0.4, -0.2) is 0 Å². The summed E-state index contributed by atoms with van der Waals surface area (Å²) in [5.41, 5.74) is 3.65. The smallest absolute Gasteiger partial charge is 0.125 e. The van der Waals surface area contributed by atoms with Gasteiger partial charge in [-0.05, 0) is 41.8 Å². The zero-order valence-electron chi connectivity index (χ0n) is 11.1. The molecule has 0 fully saturated rings. The summed E-state index contributed by atoms with van der Waals surface area (Å²) < 4.78 is 7.35. The van der Waals surface area contributed by atoms with Crippen molar-refractivity contribution >= 4 is 21.4 Å². The van der Waals surface area contributed by atoms with E-state index < -0.39 is 0 Å². The number of hydrogen-bond acceptors (Lipinski definition) is 2. The lowest BCUT2D eigenvalue weighted by atomic mass is 10.1. The van der Waals surface area contributed by atoms with Gasteiger partial charge in [0.2, 0.25) is 0 Å². The second-order valence-corrected chi connectivity index (χ2v) is 5.68. The highest BCUT2D eigenvalue weighted by Gasteiger charge is 2.07. The Morgan fingerprint density at radius 2 is 1.68 bits per heavy atom. The fraction of sp³-hybridized carbons (Fsp3) is 0.176. The van der Waals surface area contributed by atoms with Crippen molar-refractivity contribution in [1.29, 1.82) is 0 Å². The third-order valence-electron chi connectivity index (χ3n) is 3.34. The Kier molecular flexibility index (Phi) is 3.26. The molecule has 0 atom stereocenters. The highest BCUT2D eigenvalue weighted by Crippen LogP contribution is 2.28. The molecule has 0 aliphatic heterocycles. The summed E-state index contributed by atoms with van der Waals surface area (Å²) in [4.78, 5) is 0. The van der Waals surface area contributed by atoms with Gasteiger partial charge in [-0.2, -0.15) is 0 Å². The maximum absolute atomic E-state index is 6.03. The number of benzene rings is 2. The fourth-order valence-corrected chi connectivity index (χ4v) is 3.27. The van der Waals surface area contributed by atoms with E-state index in [1.807, 2.05) is 0 Å². The third kappa shape index (κ3) is 2.36. The van der Waals surface area contributed by atoms with E-state index in [4.69, 9.17) is 4.74 Å². The molecule has 0 aliphatic carbocycles. The Morgan fingerprint density at radius 3 is 2.47 bits per heavy atom. The highest BCUT2D eigenvalue weighted by molar-refractivity contribution is 7.17. The number of thiophene rings is 1. The van der Waals surface area contributed by atoms with E-state index in [0.717, 1.165) is 5.75 Å². The normalized spacial score (nSPS) is 10.8.